The number of hydrogen-bond donors (Lipinski definition) is 1. The Morgan fingerprint density at radius 3 is 2.74 bits per heavy atom. The molecule has 1 aromatic carbocycles. The third-order valence-corrected chi connectivity index (χ3v) is 3.55. The van der Waals surface area contributed by atoms with Crippen LogP contribution in [0, 0.1) is 12.7 Å². The van der Waals surface area contributed by atoms with E-state index in [4.69, 9.17) is 5.73 Å². The third-order valence-electron chi connectivity index (χ3n) is 2.76. The molecule has 0 unspecified atom stereocenters. The van der Waals surface area contributed by atoms with Crippen LogP contribution in [0.3, 0.4) is 0 Å². The Balaban J connectivity index is 2.12. The third kappa shape index (κ3) is 1.97. The fourth-order valence-corrected chi connectivity index (χ4v) is 2.50. The normalized spacial score (nSPS) is 10.8. The van der Waals surface area contributed by atoms with Crippen LogP contribution in [0.1, 0.15) is 5.69 Å². The lowest BCUT2D eigenvalue weighted by molar-refractivity contribution is 0.608. The maximum Gasteiger partial charge on any atom is 0.203 e. The first-order chi connectivity index (χ1) is 9.16. The van der Waals surface area contributed by atoms with Crippen LogP contribution < -0.4 is 5.73 Å². The standard InChI is InChI=1S/C12H10FN5S/c1-7-8(11-16-17-12(14)19-11)6-15-18(7)10-5-3-2-4-9(10)13/h2-6H,1H3,(H2,14,17). The zero-order valence-electron chi connectivity index (χ0n) is 10.0. The average Bonchev–Trinajstić information content (AvgIpc) is 2.97. The van der Waals surface area contributed by atoms with Gasteiger partial charge < -0.3 is 5.73 Å². The molecule has 2 aromatic heterocycles. The van der Waals surface area contributed by atoms with Crippen LogP contribution in [0.2, 0.25) is 0 Å². The molecule has 0 saturated carbocycles. The van der Waals surface area contributed by atoms with Gasteiger partial charge in [-0.15, -0.1) is 10.2 Å². The van der Waals surface area contributed by atoms with E-state index < -0.39 is 0 Å². The van der Waals surface area contributed by atoms with E-state index in [1.807, 2.05) is 6.92 Å². The monoisotopic (exact) mass is 275 g/mol. The number of aromatic nitrogens is 4. The number of nitrogens with two attached hydrogens (primary N) is 1. The Morgan fingerprint density at radius 2 is 2.05 bits per heavy atom. The first kappa shape index (κ1) is 11.8. The van der Waals surface area contributed by atoms with Crippen molar-refractivity contribution in [2.45, 2.75) is 6.92 Å². The summed E-state index contributed by atoms with van der Waals surface area (Å²) < 4.78 is 15.3. The van der Waals surface area contributed by atoms with Crippen molar-refractivity contribution in [1.82, 2.24) is 20.0 Å². The SMILES string of the molecule is Cc1c(-c2nnc(N)s2)cnn1-c1ccccc1F. The van der Waals surface area contributed by atoms with Gasteiger partial charge in [-0.2, -0.15) is 5.10 Å². The van der Waals surface area contributed by atoms with E-state index in [0.29, 0.717) is 15.8 Å². The van der Waals surface area contributed by atoms with Crippen LogP contribution in [0.15, 0.2) is 30.5 Å². The summed E-state index contributed by atoms with van der Waals surface area (Å²) in [5.74, 6) is -0.322. The lowest BCUT2D eigenvalue weighted by atomic mass is 10.2. The molecule has 0 aliphatic rings. The minimum absolute atomic E-state index is 0.322. The number of hydrogen-bond acceptors (Lipinski definition) is 5. The molecule has 0 amide bonds. The highest BCUT2D eigenvalue weighted by Gasteiger charge is 2.15. The van der Waals surface area contributed by atoms with Crippen molar-refractivity contribution >= 4 is 16.5 Å². The number of para-hydroxylation sites is 1. The van der Waals surface area contributed by atoms with E-state index in [0.717, 1.165) is 11.3 Å². The largest absolute Gasteiger partial charge is 0.374 e. The predicted octanol–water partition coefficient (Wildman–Crippen LogP) is 2.42. The lowest BCUT2D eigenvalue weighted by Crippen LogP contribution is -2.01. The number of halogens is 1. The van der Waals surface area contributed by atoms with E-state index in [1.165, 1.54) is 17.4 Å². The van der Waals surface area contributed by atoms with Gasteiger partial charge in [0.25, 0.3) is 0 Å². The van der Waals surface area contributed by atoms with Crippen LogP contribution in [-0.2, 0) is 0 Å². The van der Waals surface area contributed by atoms with Crippen molar-refractivity contribution < 1.29 is 4.39 Å². The van der Waals surface area contributed by atoms with Crippen molar-refractivity contribution in [2.75, 3.05) is 5.73 Å². The Labute approximate surface area is 112 Å². The number of benzene rings is 1. The minimum Gasteiger partial charge on any atom is -0.374 e. The molecule has 3 rings (SSSR count). The van der Waals surface area contributed by atoms with Crippen molar-refractivity contribution in [3.05, 3.63) is 42.0 Å². The van der Waals surface area contributed by atoms with Gasteiger partial charge in [0, 0.05) is 0 Å². The molecule has 0 fully saturated rings. The molecule has 2 heterocycles. The lowest BCUT2D eigenvalue weighted by Gasteiger charge is -2.05. The fourth-order valence-electron chi connectivity index (χ4n) is 1.83. The molecule has 19 heavy (non-hydrogen) atoms. The molecule has 2 N–H and O–H groups in total. The smallest absolute Gasteiger partial charge is 0.203 e. The Bertz CT molecular complexity index is 733. The molecule has 0 aliphatic heterocycles. The Kier molecular flexibility index (Phi) is 2.75. The second-order valence-corrected chi connectivity index (χ2v) is 4.96. The van der Waals surface area contributed by atoms with Crippen molar-refractivity contribution in [1.29, 1.82) is 0 Å². The summed E-state index contributed by atoms with van der Waals surface area (Å²) >= 11 is 1.28. The fraction of sp³-hybridized carbons (Fsp3) is 0.0833. The average molecular weight is 275 g/mol. The van der Waals surface area contributed by atoms with E-state index in [2.05, 4.69) is 15.3 Å². The van der Waals surface area contributed by atoms with Gasteiger partial charge in [0.2, 0.25) is 5.13 Å². The minimum atomic E-state index is -0.322. The maximum absolute atomic E-state index is 13.8. The molecular weight excluding hydrogens is 265 g/mol. The van der Waals surface area contributed by atoms with Gasteiger partial charge >= 0.3 is 0 Å². The molecule has 0 bridgehead atoms. The van der Waals surface area contributed by atoms with Crippen molar-refractivity contribution in [2.24, 2.45) is 0 Å². The molecular formula is C12H10FN5S. The summed E-state index contributed by atoms with van der Waals surface area (Å²) in [6, 6.07) is 6.48. The summed E-state index contributed by atoms with van der Waals surface area (Å²) in [5, 5.41) is 13.0. The highest BCUT2D eigenvalue weighted by molar-refractivity contribution is 7.18. The number of nitrogen functional groups attached to an aromatic ring is 1. The zero-order chi connectivity index (χ0) is 13.4. The molecule has 0 saturated heterocycles. The van der Waals surface area contributed by atoms with Crippen LogP contribution in [0.25, 0.3) is 16.3 Å². The molecule has 0 radical (unpaired) electrons. The van der Waals surface area contributed by atoms with Crippen LogP contribution in [-0.4, -0.2) is 20.0 Å². The quantitative estimate of drug-likeness (QED) is 0.779. The topological polar surface area (TPSA) is 69.6 Å². The summed E-state index contributed by atoms with van der Waals surface area (Å²) in [4.78, 5) is 0. The van der Waals surface area contributed by atoms with E-state index in [1.54, 1.807) is 29.1 Å². The van der Waals surface area contributed by atoms with E-state index >= 15 is 0 Å². The number of rotatable bonds is 2. The first-order valence-corrected chi connectivity index (χ1v) is 6.37. The second-order valence-electron chi connectivity index (χ2n) is 3.95. The highest BCUT2D eigenvalue weighted by atomic mass is 32.1. The molecule has 0 spiro atoms. The second kappa shape index (κ2) is 4.43. The molecule has 5 nitrogen and oxygen atoms in total. The molecule has 7 heteroatoms. The van der Waals surface area contributed by atoms with Crippen molar-refractivity contribution in [3.63, 3.8) is 0 Å². The number of nitrogens with zero attached hydrogens (tertiary/aromatic N) is 4. The van der Waals surface area contributed by atoms with E-state index in [-0.39, 0.29) is 5.82 Å². The zero-order valence-corrected chi connectivity index (χ0v) is 10.9. The predicted molar refractivity (Wildman–Crippen MR) is 71.6 cm³/mol. The summed E-state index contributed by atoms with van der Waals surface area (Å²) in [7, 11) is 0. The molecule has 0 atom stereocenters. The van der Waals surface area contributed by atoms with Crippen molar-refractivity contribution in [3.8, 4) is 16.3 Å². The first-order valence-electron chi connectivity index (χ1n) is 5.55. The van der Waals surface area contributed by atoms with Gasteiger partial charge in [0.05, 0.1) is 17.5 Å². The van der Waals surface area contributed by atoms with Gasteiger partial charge in [0.15, 0.2) is 5.01 Å². The van der Waals surface area contributed by atoms with Gasteiger partial charge in [-0.1, -0.05) is 23.5 Å². The molecule has 96 valence electrons. The van der Waals surface area contributed by atoms with Crippen LogP contribution >= 0.6 is 11.3 Å². The van der Waals surface area contributed by atoms with Gasteiger partial charge in [-0.05, 0) is 19.1 Å². The summed E-state index contributed by atoms with van der Waals surface area (Å²) in [6.45, 7) is 1.85. The summed E-state index contributed by atoms with van der Waals surface area (Å²) in [5.41, 5.74) is 7.57. The maximum atomic E-state index is 13.8. The highest BCUT2D eigenvalue weighted by Crippen LogP contribution is 2.28. The van der Waals surface area contributed by atoms with E-state index in [9.17, 15) is 4.39 Å². The number of anilines is 1. The Morgan fingerprint density at radius 1 is 1.26 bits per heavy atom. The van der Waals surface area contributed by atoms with Crippen LogP contribution in [0.4, 0.5) is 9.52 Å². The van der Waals surface area contributed by atoms with Gasteiger partial charge in [-0.25, -0.2) is 9.07 Å². The van der Waals surface area contributed by atoms with Gasteiger partial charge in [0.1, 0.15) is 11.5 Å². The van der Waals surface area contributed by atoms with Gasteiger partial charge in [-0.3, -0.25) is 0 Å². The van der Waals surface area contributed by atoms with Crippen LogP contribution in [0.5, 0.6) is 0 Å². The Hall–Kier alpha value is -2.28. The summed E-state index contributed by atoms with van der Waals surface area (Å²) in [6.07, 6.45) is 1.64. The molecule has 3 aromatic rings. The molecule has 0 aliphatic carbocycles.